The number of aromatic nitrogens is 2. The van der Waals surface area contributed by atoms with E-state index in [1.807, 2.05) is 0 Å². The van der Waals surface area contributed by atoms with Crippen LogP contribution in [0.5, 0.6) is 0 Å². The first-order chi connectivity index (χ1) is 10.2. The molecule has 22 heavy (non-hydrogen) atoms. The standard InChI is InChI=1S/C20H38N2/c1-9-11-12-13-20(7,8)18-17(15(5)10-2)21-19(22-18)16(6)14(3)4/h14-16H,9-13H2,1-8H3,(H,21,22). The Balaban J connectivity index is 3.14. The molecule has 2 nitrogen and oxygen atoms in total. The van der Waals surface area contributed by atoms with Crippen LogP contribution in [-0.4, -0.2) is 9.97 Å². The van der Waals surface area contributed by atoms with Gasteiger partial charge in [-0.25, -0.2) is 4.98 Å². The van der Waals surface area contributed by atoms with Gasteiger partial charge in [0, 0.05) is 17.0 Å². The van der Waals surface area contributed by atoms with Gasteiger partial charge in [-0.05, 0) is 24.7 Å². The molecule has 0 bridgehead atoms. The summed E-state index contributed by atoms with van der Waals surface area (Å²) in [7, 11) is 0. The zero-order valence-corrected chi connectivity index (χ0v) is 16.2. The average molecular weight is 307 g/mol. The molecule has 128 valence electrons. The van der Waals surface area contributed by atoms with E-state index in [-0.39, 0.29) is 5.41 Å². The van der Waals surface area contributed by atoms with Crippen molar-refractivity contribution in [1.82, 2.24) is 9.97 Å². The van der Waals surface area contributed by atoms with Crippen LogP contribution in [0.1, 0.15) is 117 Å². The number of hydrogen-bond donors (Lipinski definition) is 1. The Labute approximate surface area is 138 Å². The molecule has 0 saturated heterocycles. The van der Waals surface area contributed by atoms with Crippen molar-refractivity contribution in [3.8, 4) is 0 Å². The normalized spacial score (nSPS) is 15.3. The highest BCUT2D eigenvalue weighted by atomic mass is 15.0. The first kappa shape index (κ1) is 19.3. The lowest BCUT2D eigenvalue weighted by atomic mass is 9.80. The van der Waals surface area contributed by atoms with Gasteiger partial charge < -0.3 is 4.98 Å². The van der Waals surface area contributed by atoms with Crippen LogP contribution < -0.4 is 0 Å². The number of unbranched alkanes of at least 4 members (excludes halogenated alkanes) is 2. The number of nitrogens with zero attached hydrogens (tertiary/aromatic N) is 1. The molecule has 0 aliphatic rings. The zero-order valence-electron chi connectivity index (χ0n) is 16.2. The predicted octanol–water partition coefficient (Wildman–Crippen LogP) is 6.54. The van der Waals surface area contributed by atoms with Gasteiger partial charge >= 0.3 is 0 Å². The second-order valence-electron chi connectivity index (χ2n) is 8.07. The van der Waals surface area contributed by atoms with Crippen LogP contribution in [0.4, 0.5) is 0 Å². The van der Waals surface area contributed by atoms with E-state index < -0.39 is 0 Å². The molecule has 0 fully saturated rings. The maximum atomic E-state index is 5.10. The molecular weight excluding hydrogens is 268 g/mol. The Morgan fingerprint density at radius 3 is 2.18 bits per heavy atom. The maximum absolute atomic E-state index is 5.10. The molecular formula is C20H38N2. The van der Waals surface area contributed by atoms with Crippen LogP contribution in [0.15, 0.2) is 0 Å². The van der Waals surface area contributed by atoms with Gasteiger partial charge in [0.2, 0.25) is 0 Å². The smallest absolute Gasteiger partial charge is 0.109 e. The minimum Gasteiger partial charge on any atom is -0.345 e. The van der Waals surface area contributed by atoms with Crippen molar-refractivity contribution < 1.29 is 0 Å². The summed E-state index contributed by atoms with van der Waals surface area (Å²) >= 11 is 0. The fourth-order valence-electron chi connectivity index (χ4n) is 2.95. The van der Waals surface area contributed by atoms with Gasteiger partial charge in [0.05, 0.1) is 5.69 Å². The Bertz CT molecular complexity index is 443. The van der Waals surface area contributed by atoms with E-state index in [1.165, 1.54) is 42.9 Å². The highest BCUT2D eigenvalue weighted by Crippen LogP contribution is 2.36. The van der Waals surface area contributed by atoms with Crippen LogP contribution in [-0.2, 0) is 5.41 Å². The molecule has 0 radical (unpaired) electrons. The first-order valence-electron chi connectivity index (χ1n) is 9.34. The Hall–Kier alpha value is -0.790. The molecule has 1 rings (SSSR count). The summed E-state index contributed by atoms with van der Waals surface area (Å²) < 4.78 is 0. The van der Waals surface area contributed by atoms with Crippen LogP contribution in [0, 0.1) is 5.92 Å². The predicted molar refractivity (Wildman–Crippen MR) is 97.7 cm³/mol. The van der Waals surface area contributed by atoms with E-state index >= 15 is 0 Å². The second kappa shape index (κ2) is 8.17. The molecule has 0 aromatic carbocycles. The van der Waals surface area contributed by atoms with Gasteiger partial charge in [-0.1, -0.05) is 74.7 Å². The molecule has 0 amide bonds. The molecule has 1 N–H and O–H groups in total. The number of aromatic amines is 1. The van der Waals surface area contributed by atoms with E-state index in [0.29, 0.717) is 17.8 Å². The third-order valence-corrected chi connectivity index (χ3v) is 5.33. The minimum atomic E-state index is 0.166. The molecule has 1 aromatic rings. The molecule has 2 unspecified atom stereocenters. The molecule has 2 atom stereocenters. The topological polar surface area (TPSA) is 28.7 Å². The number of rotatable bonds is 9. The fraction of sp³-hybridized carbons (Fsp3) is 0.850. The lowest BCUT2D eigenvalue weighted by Crippen LogP contribution is -2.20. The van der Waals surface area contributed by atoms with Crippen LogP contribution in [0.2, 0.25) is 0 Å². The van der Waals surface area contributed by atoms with E-state index in [4.69, 9.17) is 4.98 Å². The summed E-state index contributed by atoms with van der Waals surface area (Å²) in [6.07, 6.45) is 6.29. The quantitative estimate of drug-likeness (QED) is 0.515. The number of hydrogen-bond acceptors (Lipinski definition) is 1. The van der Waals surface area contributed by atoms with Crippen molar-refractivity contribution >= 4 is 0 Å². The SMILES string of the molecule is CCCCCC(C)(C)c1nc(C(C)C(C)C)[nH]c1C(C)CC. The second-order valence-corrected chi connectivity index (χ2v) is 8.07. The Morgan fingerprint density at radius 2 is 1.68 bits per heavy atom. The Kier molecular flexibility index (Phi) is 7.15. The Morgan fingerprint density at radius 1 is 1.05 bits per heavy atom. The van der Waals surface area contributed by atoms with Crippen molar-refractivity contribution in [3.63, 3.8) is 0 Å². The number of imidazole rings is 1. The first-order valence-corrected chi connectivity index (χ1v) is 9.34. The molecule has 1 aromatic heterocycles. The lowest BCUT2D eigenvalue weighted by Gasteiger charge is -2.25. The van der Waals surface area contributed by atoms with Crippen molar-refractivity contribution in [2.45, 2.75) is 105 Å². The van der Waals surface area contributed by atoms with E-state index in [2.05, 4.69) is 60.4 Å². The highest BCUT2D eigenvalue weighted by Gasteiger charge is 2.30. The van der Waals surface area contributed by atoms with Gasteiger partial charge in [-0.2, -0.15) is 0 Å². The molecule has 2 heteroatoms. The maximum Gasteiger partial charge on any atom is 0.109 e. The zero-order chi connectivity index (χ0) is 16.9. The van der Waals surface area contributed by atoms with E-state index in [9.17, 15) is 0 Å². The molecule has 0 aliphatic heterocycles. The average Bonchev–Trinajstić information content (AvgIpc) is 2.91. The van der Waals surface area contributed by atoms with Crippen molar-refractivity contribution in [3.05, 3.63) is 17.2 Å². The highest BCUT2D eigenvalue weighted by molar-refractivity contribution is 5.27. The van der Waals surface area contributed by atoms with Crippen molar-refractivity contribution in [2.24, 2.45) is 5.92 Å². The summed E-state index contributed by atoms with van der Waals surface area (Å²) in [6, 6.07) is 0. The van der Waals surface area contributed by atoms with Crippen LogP contribution in [0.25, 0.3) is 0 Å². The van der Waals surface area contributed by atoms with Gasteiger partial charge in [-0.3, -0.25) is 0 Å². The molecule has 0 saturated carbocycles. The van der Waals surface area contributed by atoms with Crippen LogP contribution >= 0.6 is 0 Å². The third kappa shape index (κ3) is 4.60. The van der Waals surface area contributed by atoms with Gasteiger partial charge in [0.15, 0.2) is 0 Å². The summed E-state index contributed by atoms with van der Waals surface area (Å²) in [5.41, 5.74) is 2.87. The summed E-state index contributed by atoms with van der Waals surface area (Å²) in [5.74, 6) is 2.85. The molecule has 0 aliphatic carbocycles. The third-order valence-electron chi connectivity index (χ3n) is 5.33. The van der Waals surface area contributed by atoms with Gasteiger partial charge in [0.25, 0.3) is 0 Å². The monoisotopic (exact) mass is 306 g/mol. The summed E-state index contributed by atoms with van der Waals surface area (Å²) in [4.78, 5) is 8.79. The summed E-state index contributed by atoms with van der Waals surface area (Å²) in [5, 5.41) is 0. The minimum absolute atomic E-state index is 0.166. The molecule has 1 heterocycles. The summed E-state index contributed by atoms with van der Waals surface area (Å²) in [6.45, 7) is 18.5. The van der Waals surface area contributed by atoms with E-state index in [1.54, 1.807) is 0 Å². The largest absolute Gasteiger partial charge is 0.345 e. The van der Waals surface area contributed by atoms with Crippen LogP contribution in [0.3, 0.4) is 0 Å². The number of nitrogens with one attached hydrogen (secondary N) is 1. The van der Waals surface area contributed by atoms with Gasteiger partial charge in [0.1, 0.15) is 5.82 Å². The van der Waals surface area contributed by atoms with E-state index in [0.717, 1.165) is 6.42 Å². The van der Waals surface area contributed by atoms with Crippen molar-refractivity contribution in [2.75, 3.05) is 0 Å². The molecule has 0 spiro atoms. The number of H-pyrrole nitrogens is 1. The van der Waals surface area contributed by atoms with Crippen molar-refractivity contribution in [1.29, 1.82) is 0 Å². The van der Waals surface area contributed by atoms with Gasteiger partial charge in [-0.15, -0.1) is 0 Å². The lowest BCUT2D eigenvalue weighted by molar-refractivity contribution is 0.431. The fourth-order valence-corrected chi connectivity index (χ4v) is 2.95.